The van der Waals surface area contributed by atoms with Crippen LogP contribution in [0.2, 0.25) is 0 Å². The summed E-state index contributed by atoms with van der Waals surface area (Å²) in [5.41, 5.74) is 5.21. The number of nitrogens with zero attached hydrogens (tertiary/aromatic N) is 2. The fraction of sp³-hybridized carbons (Fsp3) is 0.429. The molecule has 1 atom stereocenters. The lowest BCUT2D eigenvalue weighted by Crippen LogP contribution is -2.42. The van der Waals surface area contributed by atoms with Crippen molar-refractivity contribution in [3.8, 4) is 0 Å². The molecule has 0 aliphatic rings. The fourth-order valence-electron chi connectivity index (χ4n) is 0.990. The van der Waals surface area contributed by atoms with Gasteiger partial charge in [-0.3, -0.25) is 4.79 Å². The van der Waals surface area contributed by atoms with Gasteiger partial charge in [-0.15, -0.1) is 0 Å². The van der Waals surface area contributed by atoms with Gasteiger partial charge in [-0.2, -0.15) is 0 Å². The van der Waals surface area contributed by atoms with E-state index >= 15 is 0 Å². The molecule has 3 N–H and O–H groups in total. The summed E-state index contributed by atoms with van der Waals surface area (Å²) in [6.45, 7) is 0.514. The number of nitrogens with two attached hydrogens (primary N) is 1. The number of nitrogens with one attached hydrogen (secondary N) is 1. The summed E-state index contributed by atoms with van der Waals surface area (Å²) in [4.78, 5) is 15.1. The molecule has 0 fully saturated rings. The van der Waals surface area contributed by atoms with Crippen LogP contribution in [-0.4, -0.2) is 28.5 Å². The molecule has 0 aliphatic carbocycles. The van der Waals surface area contributed by atoms with Crippen LogP contribution in [-0.2, 0) is 11.3 Å². The van der Waals surface area contributed by atoms with Crippen molar-refractivity contribution >= 4 is 51.1 Å². The third-order valence-corrected chi connectivity index (χ3v) is 4.76. The van der Waals surface area contributed by atoms with Crippen molar-refractivity contribution in [2.45, 2.75) is 12.6 Å². The molecule has 0 aliphatic heterocycles. The Labute approximate surface area is 109 Å². The van der Waals surface area contributed by atoms with Crippen LogP contribution in [0, 0.1) is 7.40 Å². The second kappa shape index (κ2) is 5.26. The summed E-state index contributed by atoms with van der Waals surface area (Å²) < 4.78 is 3.85. The van der Waals surface area contributed by atoms with Crippen LogP contribution >= 0.6 is 45.2 Å². The van der Waals surface area contributed by atoms with E-state index in [9.17, 15) is 4.79 Å². The molecule has 14 heavy (non-hydrogen) atoms. The highest BCUT2D eigenvalue weighted by Gasteiger charge is 2.15. The van der Waals surface area contributed by atoms with Crippen molar-refractivity contribution in [2.75, 3.05) is 7.05 Å². The molecule has 1 aromatic rings. The van der Waals surface area contributed by atoms with Gasteiger partial charge in [0.25, 0.3) is 0 Å². The maximum Gasteiger partial charge on any atom is 0.236 e. The van der Waals surface area contributed by atoms with Crippen LogP contribution in [0.1, 0.15) is 0 Å². The second-order valence-electron chi connectivity index (χ2n) is 2.72. The summed E-state index contributed by atoms with van der Waals surface area (Å²) in [5.74, 6) is -0.355. The number of hydrogen-bond acceptors (Lipinski definition) is 3. The molecule has 0 bridgehead atoms. The highest BCUT2D eigenvalue weighted by atomic mass is 127. The van der Waals surface area contributed by atoms with Crippen LogP contribution in [0.3, 0.4) is 0 Å². The number of rotatable bonds is 4. The number of aromatic nitrogens is 2. The Bertz CT molecular complexity index is 338. The Balaban J connectivity index is 2.77. The molecule has 1 unspecified atom stereocenters. The van der Waals surface area contributed by atoms with E-state index in [-0.39, 0.29) is 11.9 Å². The van der Waals surface area contributed by atoms with Gasteiger partial charge in [-0.1, -0.05) is 0 Å². The highest BCUT2D eigenvalue weighted by Crippen LogP contribution is 2.13. The van der Waals surface area contributed by atoms with Crippen molar-refractivity contribution in [2.24, 2.45) is 5.73 Å². The number of likely N-dealkylation sites (N-methyl/N-ethyl adjacent to an activating group) is 1. The Hall–Kier alpha value is 0.1000. The molecular weight excluding hydrogens is 410 g/mol. The predicted octanol–water partition coefficient (Wildman–Crippen LogP) is 0.166. The Morgan fingerprint density at radius 1 is 1.79 bits per heavy atom. The molecule has 1 aromatic heterocycles. The monoisotopic (exact) mass is 420 g/mol. The molecular formula is C7H10I2N4O. The topological polar surface area (TPSA) is 72.9 Å². The molecule has 1 amide bonds. The summed E-state index contributed by atoms with van der Waals surface area (Å²) in [5, 5.41) is 2.86. The van der Waals surface area contributed by atoms with Gasteiger partial charge in [0.15, 0.2) is 0 Å². The highest BCUT2D eigenvalue weighted by molar-refractivity contribution is 14.1. The van der Waals surface area contributed by atoms with Crippen molar-refractivity contribution in [1.29, 1.82) is 0 Å². The van der Waals surface area contributed by atoms with Crippen molar-refractivity contribution < 1.29 is 4.79 Å². The van der Waals surface area contributed by atoms with E-state index in [0.717, 1.165) is 7.40 Å². The van der Waals surface area contributed by atoms with Crippen molar-refractivity contribution in [3.05, 3.63) is 13.7 Å². The first kappa shape index (κ1) is 12.2. The standard InChI is InChI=1S/C7H10I2N4O/c1-11-4(7(10)14)2-13-3-12-5(8)6(13)9/h3-4,11H,2H2,1H3,(H2,10,14). The molecule has 0 saturated heterocycles. The van der Waals surface area contributed by atoms with Gasteiger partial charge in [0.1, 0.15) is 13.4 Å². The van der Waals surface area contributed by atoms with Crippen molar-refractivity contribution in [1.82, 2.24) is 14.9 Å². The molecule has 0 radical (unpaired) electrons. The summed E-state index contributed by atoms with van der Waals surface area (Å²) in [7, 11) is 1.71. The summed E-state index contributed by atoms with van der Waals surface area (Å²) >= 11 is 4.33. The maximum atomic E-state index is 11.0. The number of carbonyl (C=O) groups excluding carboxylic acids is 1. The summed E-state index contributed by atoms with van der Waals surface area (Å²) in [6.07, 6.45) is 1.71. The lowest BCUT2D eigenvalue weighted by molar-refractivity contribution is -0.120. The minimum absolute atomic E-state index is 0.353. The van der Waals surface area contributed by atoms with Gasteiger partial charge in [0.2, 0.25) is 5.91 Å². The Morgan fingerprint density at radius 3 is 2.79 bits per heavy atom. The molecule has 0 saturated carbocycles. The molecule has 1 rings (SSSR count). The smallest absolute Gasteiger partial charge is 0.236 e. The number of amides is 1. The molecule has 78 valence electrons. The SMILES string of the molecule is CNC(Cn1cnc(I)c1I)C(N)=O. The normalized spacial score (nSPS) is 12.8. The van der Waals surface area contributed by atoms with Crippen LogP contribution in [0.15, 0.2) is 6.33 Å². The number of primary amides is 1. The van der Waals surface area contributed by atoms with Gasteiger partial charge >= 0.3 is 0 Å². The van der Waals surface area contributed by atoms with Gasteiger partial charge in [-0.05, 0) is 52.2 Å². The average Bonchev–Trinajstić information content (AvgIpc) is 2.44. The lowest BCUT2D eigenvalue weighted by atomic mass is 10.3. The lowest BCUT2D eigenvalue weighted by Gasteiger charge is -2.13. The number of halogens is 2. The zero-order valence-corrected chi connectivity index (χ0v) is 11.8. The van der Waals surface area contributed by atoms with E-state index in [1.165, 1.54) is 0 Å². The van der Waals surface area contributed by atoms with E-state index in [4.69, 9.17) is 5.73 Å². The first-order chi connectivity index (χ1) is 6.56. The fourth-order valence-corrected chi connectivity index (χ4v) is 1.89. The first-order valence-corrected chi connectivity index (χ1v) is 6.04. The maximum absolute atomic E-state index is 11.0. The van der Waals surface area contributed by atoms with Crippen LogP contribution in [0.25, 0.3) is 0 Å². The molecule has 5 nitrogen and oxygen atoms in total. The van der Waals surface area contributed by atoms with E-state index in [0.29, 0.717) is 6.54 Å². The zero-order valence-electron chi connectivity index (χ0n) is 7.50. The minimum Gasteiger partial charge on any atom is -0.368 e. The van der Waals surface area contributed by atoms with Gasteiger partial charge < -0.3 is 15.6 Å². The van der Waals surface area contributed by atoms with Gasteiger partial charge in [0.05, 0.1) is 6.33 Å². The third kappa shape index (κ3) is 2.79. The van der Waals surface area contributed by atoms with E-state index < -0.39 is 0 Å². The first-order valence-electron chi connectivity index (χ1n) is 3.89. The van der Waals surface area contributed by atoms with Crippen LogP contribution < -0.4 is 11.1 Å². The minimum atomic E-state index is -0.355. The average molecular weight is 420 g/mol. The van der Waals surface area contributed by atoms with Crippen LogP contribution in [0.5, 0.6) is 0 Å². The van der Waals surface area contributed by atoms with Crippen molar-refractivity contribution in [3.63, 3.8) is 0 Å². The van der Waals surface area contributed by atoms with E-state index in [1.807, 2.05) is 4.57 Å². The van der Waals surface area contributed by atoms with E-state index in [2.05, 4.69) is 55.5 Å². The van der Waals surface area contributed by atoms with Gasteiger partial charge in [-0.25, -0.2) is 4.98 Å². The molecule has 1 heterocycles. The predicted molar refractivity (Wildman–Crippen MR) is 69.7 cm³/mol. The Morgan fingerprint density at radius 2 is 2.43 bits per heavy atom. The molecule has 7 heteroatoms. The molecule has 0 aromatic carbocycles. The van der Waals surface area contributed by atoms with E-state index in [1.54, 1.807) is 13.4 Å². The number of imidazole rings is 1. The second-order valence-corrected chi connectivity index (χ2v) is 4.77. The largest absolute Gasteiger partial charge is 0.368 e. The molecule has 0 spiro atoms. The number of hydrogen-bond donors (Lipinski definition) is 2. The zero-order chi connectivity index (χ0) is 10.7. The van der Waals surface area contributed by atoms with Gasteiger partial charge in [0, 0.05) is 6.54 Å². The Kier molecular flexibility index (Phi) is 4.57. The quantitative estimate of drug-likeness (QED) is 0.683. The summed E-state index contributed by atoms with van der Waals surface area (Å²) in [6, 6.07) is -0.353. The number of carbonyl (C=O) groups is 1. The third-order valence-electron chi connectivity index (χ3n) is 1.80. The van der Waals surface area contributed by atoms with Crippen LogP contribution in [0.4, 0.5) is 0 Å².